The fourth-order valence-corrected chi connectivity index (χ4v) is 2.47. The number of pyridine rings is 1. The fourth-order valence-electron chi connectivity index (χ4n) is 2.12. The number of fused-ring (bicyclic) bond motifs is 1. The first-order valence-corrected chi connectivity index (χ1v) is 11.0. The number of phosphoric acid groups is 1. The minimum absolute atomic E-state index is 0.433. The van der Waals surface area contributed by atoms with Crippen LogP contribution in [0.2, 0.25) is 0 Å². The van der Waals surface area contributed by atoms with Crippen LogP contribution in [0.15, 0.2) is 37.2 Å². The number of carboxylic acid groups (broad SMARTS) is 1. The van der Waals surface area contributed by atoms with Crippen LogP contribution in [0.5, 0.6) is 0 Å². The molecule has 4 atom stereocenters. The molecule has 0 unspecified atom stereocenters. The number of aliphatic hydroxyl groups excluding tert-OH is 4. The Balaban J connectivity index is 0.000000288. The van der Waals surface area contributed by atoms with Crippen LogP contribution in [0.25, 0.3) is 11.2 Å². The molecule has 3 aromatic rings. The number of anilines is 1. The number of carbonyl (C=O) groups is 2. The summed E-state index contributed by atoms with van der Waals surface area (Å²) < 4.78 is 14.1. The Kier molecular flexibility index (Phi) is 11.9. The third-order valence-corrected chi connectivity index (χ3v) is 4.42. The van der Waals surface area contributed by atoms with E-state index < -0.39 is 50.7 Å². The summed E-state index contributed by atoms with van der Waals surface area (Å²) in [6.07, 6.45) is -2.76. The summed E-state index contributed by atoms with van der Waals surface area (Å²) in [5, 5.41) is 44.4. The van der Waals surface area contributed by atoms with Crippen LogP contribution in [0.1, 0.15) is 10.4 Å². The average Bonchev–Trinajstić information content (AvgIpc) is 3.32. The van der Waals surface area contributed by atoms with Gasteiger partial charge in [0.2, 0.25) is 5.91 Å². The molecule has 0 aliphatic rings. The van der Waals surface area contributed by atoms with Crippen molar-refractivity contribution in [2.24, 2.45) is 5.73 Å². The maximum absolute atomic E-state index is 10.4. The Morgan fingerprint density at radius 2 is 1.78 bits per heavy atom. The number of hydrogen-bond donors (Lipinski definition) is 10. The number of nitrogen functional groups attached to an aromatic ring is 1. The number of rotatable bonds is 8. The van der Waals surface area contributed by atoms with Crippen molar-refractivity contribution in [2.75, 3.05) is 12.3 Å². The largest absolute Gasteiger partial charge is 0.479 e. The zero-order valence-corrected chi connectivity index (χ0v) is 19.0. The summed E-state index contributed by atoms with van der Waals surface area (Å²) in [5.74, 6) is -1.84. The first-order valence-electron chi connectivity index (χ1n) is 9.49. The lowest BCUT2D eigenvalue weighted by molar-refractivity contribution is -0.164. The second kappa shape index (κ2) is 14.1. The number of carbonyl (C=O) groups excluding carboxylic acids is 1. The van der Waals surface area contributed by atoms with Crippen molar-refractivity contribution in [1.29, 1.82) is 0 Å². The van der Waals surface area contributed by atoms with Crippen molar-refractivity contribution in [3.63, 3.8) is 0 Å². The van der Waals surface area contributed by atoms with Gasteiger partial charge in [-0.1, -0.05) is 0 Å². The SMILES string of the molecule is NC(=O)c1cccnc1.Nc1ncnc2nc[nH]c12.O=C(O)[C@H](O)[C@@H](O)[C@H](O)[C@H](O)COP(=O)(O)O. The lowest BCUT2D eigenvalue weighted by Gasteiger charge is -2.24. The van der Waals surface area contributed by atoms with Gasteiger partial charge in [-0.2, -0.15) is 0 Å². The third kappa shape index (κ3) is 10.3. The molecule has 12 N–H and O–H groups in total. The van der Waals surface area contributed by atoms with Gasteiger partial charge in [-0.05, 0) is 12.1 Å². The molecule has 1 amide bonds. The van der Waals surface area contributed by atoms with Gasteiger partial charge in [0, 0.05) is 12.4 Å². The van der Waals surface area contributed by atoms with Crippen molar-refractivity contribution >= 4 is 36.7 Å². The molecule has 0 fully saturated rings. The fraction of sp³-hybridized carbons (Fsp3) is 0.294. The number of primary amides is 1. The predicted octanol–water partition coefficient (Wildman–Crippen LogP) is -3.26. The zero-order valence-electron chi connectivity index (χ0n) is 18.1. The van der Waals surface area contributed by atoms with Crippen LogP contribution < -0.4 is 11.5 Å². The Labute approximate surface area is 201 Å². The molecule has 36 heavy (non-hydrogen) atoms. The highest BCUT2D eigenvalue weighted by molar-refractivity contribution is 7.46. The minimum Gasteiger partial charge on any atom is -0.479 e. The monoisotopic (exact) mass is 533 g/mol. The molecule has 3 rings (SSSR count). The van der Waals surface area contributed by atoms with E-state index in [2.05, 4.69) is 29.4 Å². The molecule has 19 heteroatoms. The number of H-pyrrole nitrogens is 1. The van der Waals surface area contributed by atoms with Crippen molar-refractivity contribution in [1.82, 2.24) is 24.9 Å². The second-order valence-corrected chi connectivity index (χ2v) is 7.82. The summed E-state index contributed by atoms with van der Waals surface area (Å²) >= 11 is 0. The van der Waals surface area contributed by atoms with Gasteiger partial charge in [0.15, 0.2) is 17.6 Å². The number of phosphoric ester groups is 1. The van der Waals surface area contributed by atoms with Crippen molar-refractivity contribution in [3.05, 3.63) is 42.7 Å². The normalized spacial score (nSPS) is 14.3. The molecule has 3 heterocycles. The zero-order chi connectivity index (χ0) is 27.5. The van der Waals surface area contributed by atoms with Crippen molar-refractivity contribution in [3.8, 4) is 0 Å². The quantitative estimate of drug-likeness (QED) is 0.127. The van der Waals surface area contributed by atoms with Crippen LogP contribution in [0.4, 0.5) is 5.82 Å². The molecular formula is C17H24N7O11P. The summed E-state index contributed by atoms with van der Waals surface area (Å²) in [5.41, 5.74) is 12.2. The highest BCUT2D eigenvalue weighted by Crippen LogP contribution is 2.35. The van der Waals surface area contributed by atoms with E-state index in [0.29, 0.717) is 22.5 Å². The molecule has 0 aliphatic heterocycles. The van der Waals surface area contributed by atoms with Crippen molar-refractivity contribution in [2.45, 2.75) is 24.4 Å². The number of aliphatic hydroxyl groups is 4. The number of nitrogens with two attached hydrogens (primary N) is 2. The van der Waals surface area contributed by atoms with E-state index in [4.69, 9.17) is 46.8 Å². The van der Waals surface area contributed by atoms with E-state index in [1.165, 1.54) is 18.9 Å². The Morgan fingerprint density at radius 3 is 2.25 bits per heavy atom. The van der Waals surface area contributed by atoms with E-state index in [9.17, 15) is 14.2 Å². The second-order valence-electron chi connectivity index (χ2n) is 6.58. The summed E-state index contributed by atoms with van der Waals surface area (Å²) in [7, 11) is -4.86. The van der Waals surface area contributed by atoms with E-state index in [1.54, 1.807) is 18.3 Å². The van der Waals surface area contributed by atoms with Gasteiger partial charge in [0.25, 0.3) is 0 Å². The number of carboxylic acids is 1. The number of nitrogens with zero attached hydrogens (tertiary/aromatic N) is 4. The minimum atomic E-state index is -4.86. The van der Waals surface area contributed by atoms with E-state index in [0.717, 1.165) is 0 Å². The van der Waals surface area contributed by atoms with Crippen LogP contribution in [0, 0.1) is 0 Å². The highest BCUT2D eigenvalue weighted by atomic mass is 31.2. The van der Waals surface area contributed by atoms with Gasteiger partial charge in [0.1, 0.15) is 30.2 Å². The molecule has 0 aromatic carbocycles. The highest BCUT2D eigenvalue weighted by Gasteiger charge is 2.35. The van der Waals surface area contributed by atoms with Crippen molar-refractivity contribution < 1.29 is 54.0 Å². The van der Waals surface area contributed by atoms with Gasteiger partial charge in [-0.25, -0.2) is 24.3 Å². The first kappa shape index (κ1) is 30.4. The molecule has 0 spiro atoms. The molecule has 3 aromatic heterocycles. The van der Waals surface area contributed by atoms with Gasteiger partial charge in [-0.15, -0.1) is 0 Å². The summed E-state index contributed by atoms with van der Waals surface area (Å²) in [6.45, 7) is -1.05. The lowest BCUT2D eigenvalue weighted by Crippen LogP contribution is -2.48. The Bertz CT molecular complexity index is 1160. The number of imidazole rings is 1. The number of nitrogens with one attached hydrogen (secondary N) is 1. The summed E-state index contributed by atoms with van der Waals surface area (Å²) in [6, 6.07) is 3.29. The Hall–Kier alpha value is -3.61. The number of aromatic amines is 1. The van der Waals surface area contributed by atoms with E-state index >= 15 is 0 Å². The predicted molar refractivity (Wildman–Crippen MR) is 119 cm³/mol. The van der Waals surface area contributed by atoms with Crippen LogP contribution in [-0.4, -0.2) is 103 Å². The number of hydrogen-bond acceptors (Lipinski definition) is 13. The topological polar surface area (TPSA) is 321 Å². The smallest absolute Gasteiger partial charge is 0.469 e. The Morgan fingerprint density at radius 1 is 1.11 bits per heavy atom. The van der Waals surface area contributed by atoms with Gasteiger partial charge in [0.05, 0.1) is 18.5 Å². The van der Waals surface area contributed by atoms with Crippen LogP contribution in [0.3, 0.4) is 0 Å². The average molecular weight is 533 g/mol. The summed E-state index contributed by atoms with van der Waals surface area (Å²) in [4.78, 5) is 55.2. The van der Waals surface area contributed by atoms with E-state index in [-0.39, 0.29) is 0 Å². The number of amides is 1. The molecule has 18 nitrogen and oxygen atoms in total. The molecule has 0 saturated heterocycles. The maximum atomic E-state index is 10.4. The number of aromatic nitrogens is 5. The molecule has 0 radical (unpaired) electrons. The first-order chi connectivity index (χ1) is 16.7. The molecule has 0 bridgehead atoms. The van der Waals surface area contributed by atoms with Gasteiger partial charge < -0.3 is 51.8 Å². The molecular weight excluding hydrogens is 509 g/mol. The standard InChI is InChI=1S/C6H6N2O.C6H13O10P.C5H5N5/c7-6(9)5-2-1-3-8-4-5;7-2(1-16-17(13,14)15)3(8)4(9)5(10)6(11)12;6-4-3-5(9-1-7-3)10-2-8-4/h1-4H,(H2,7,9);2-5,7-10H,1H2,(H,11,12)(H2,13,14,15);1-2H,(H3,6,7,8,9,10)/t;2-,3-,4+,5-;/m.1./s1. The number of aliphatic carboxylic acids is 1. The van der Waals surface area contributed by atoms with Crippen LogP contribution >= 0.6 is 7.82 Å². The van der Waals surface area contributed by atoms with Gasteiger partial charge >= 0.3 is 13.8 Å². The third-order valence-electron chi connectivity index (χ3n) is 3.93. The van der Waals surface area contributed by atoms with Gasteiger partial charge in [-0.3, -0.25) is 14.3 Å². The molecule has 198 valence electrons. The van der Waals surface area contributed by atoms with E-state index in [1.807, 2.05) is 0 Å². The van der Waals surface area contributed by atoms with Crippen LogP contribution in [-0.2, 0) is 13.9 Å². The molecule has 0 saturated carbocycles. The lowest BCUT2D eigenvalue weighted by atomic mass is 10.0. The molecule has 0 aliphatic carbocycles. The maximum Gasteiger partial charge on any atom is 0.469 e.